The van der Waals surface area contributed by atoms with Crippen LogP contribution in [0.3, 0.4) is 0 Å². The zero-order valence-electron chi connectivity index (χ0n) is 14.2. The number of amides is 1. The molecular weight excluding hydrogens is 304 g/mol. The fourth-order valence-corrected chi connectivity index (χ4v) is 3.38. The van der Waals surface area contributed by atoms with Crippen molar-refractivity contribution < 1.29 is 14.3 Å². The molecule has 0 atom stereocenters. The number of carbonyl (C=O) groups excluding carboxylic acids is 1. The van der Waals surface area contributed by atoms with Gasteiger partial charge in [-0.25, -0.2) is 4.79 Å². The number of benzene rings is 1. The Morgan fingerprint density at radius 3 is 2.58 bits per heavy atom. The number of rotatable bonds is 8. The van der Waals surface area contributed by atoms with E-state index in [4.69, 9.17) is 9.47 Å². The van der Waals surface area contributed by atoms with Gasteiger partial charge in [0.2, 0.25) is 0 Å². The summed E-state index contributed by atoms with van der Waals surface area (Å²) in [5, 5.41) is 6.41. The average molecular weight is 332 g/mol. The van der Waals surface area contributed by atoms with E-state index >= 15 is 0 Å². The smallest absolute Gasteiger partial charge is 0.407 e. The lowest BCUT2D eigenvalue weighted by Crippen LogP contribution is -2.53. The Kier molecular flexibility index (Phi) is 6.49. The second-order valence-corrected chi connectivity index (χ2v) is 6.80. The second kappa shape index (κ2) is 9.04. The third-order valence-corrected chi connectivity index (χ3v) is 4.86. The molecule has 0 spiro atoms. The second-order valence-electron chi connectivity index (χ2n) is 6.80. The molecule has 1 aromatic rings. The van der Waals surface area contributed by atoms with Gasteiger partial charge in [0.05, 0.1) is 12.7 Å². The first kappa shape index (κ1) is 17.2. The first-order valence-corrected chi connectivity index (χ1v) is 9.12. The molecule has 0 radical (unpaired) electrons. The third-order valence-electron chi connectivity index (χ3n) is 4.86. The van der Waals surface area contributed by atoms with Gasteiger partial charge in [-0.05, 0) is 31.2 Å². The molecule has 24 heavy (non-hydrogen) atoms. The van der Waals surface area contributed by atoms with E-state index < -0.39 is 0 Å². The molecule has 1 aromatic carbocycles. The molecule has 132 valence electrons. The normalized spacial score (nSPS) is 23.7. The van der Waals surface area contributed by atoms with Crippen LogP contribution in [0.4, 0.5) is 4.79 Å². The monoisotopic (exact) mass is 332 g/mol. The number of nitrogens with one attached hydrogen (secondary N) is 2. The number of hydrogen-bond acceptors (Lipinski definition) is 4. The maximum absolute atomic E-state index is 11.8. The SMILES string of the molecule is O=C(NC1CC(NCCOC2CCCC2)C1)OCc1ccccc1. The number of alkyl carbamates (subject to hydrolysis) is 1. The van der Waals surface area contributed by atoms with Crippen LogP contribution in [0.1, 0.15) is 44.1 Å². The van der Waals surface area contributed by atoms with E-state index in [1.807, 2.05) is 30.3 Å². The predicted octanol–water partition coefficient (Wildman–Crippen LogP) is 2.99. The molecule has 0 saturated heterocycles. The highest BCUT2D eigenvalue weighted by Gasteiger charge is 2.30. The van der Waals surface area contributed by atoms with E-state index in [2.05, 4.69) is 10.6 Å². The van der Waals surface area contributed by atoms with E-state index in [-0.39, 0.29) is 12.1 Å². The largest absolute Gasteiger partial charge is 0.445 e. The molecule has 0 bridgehead atoms. The Morgan fingerprint density at radius 2 is 1.83 bits per heavy atom. The van der Waals surface area contributed by atoms with Gasteiger partial charge in [-0.1, -0.05) is 43.2 Å². The van der Waals surface area contributed by atoms with E-state index in [0.717, 1.165) is 31.6 Å². The number of ether oxygens (including phenoxy) is 2. The van der Waals surface area contributed by atoms with Crippen molar-refractivity contribution in [3.8, 4) is 0 Å². The van der Waals surface area contributed by atoms with Gasteiger partial charge in [-0.2, -0.15) is 0 Å². The lowest BCUT2D eigenvalue weighted by Gasteiger charge is -2.36. The summed E-state index contributed by atoms with van der Waals surface area (Å²) in [6.45, 7) is 2.00. The van der Waals surface area contributed by atoms with E-state index in [1.54, 1.807) is 0 Å². The van der Waals surface area contributed by atoms with Gasteiger partial charge in [-0.15, -0.1) is 0 Å². The third kappa shape index (κ3) is 5.49. The first-order chi connectivity index (χ1) is 11.8. The summed E-state index contributed by atoms with van der Waals surface area (Å²) >= 11 is 0. The van der Waals surface area contributed by atoms with Crippen molar-refractivity contribution in [3.63, 3.8) is 0 Å². The molecule has 2 aliphatic carbocycles. The standard InChI is InChI=1S/C19H28N2O3/c22-19(24-14-15-6-2-1-3-7-15)21-17-12-16(13-17)20-10-11-23-18-8-4-5-9-18/h1-3,6-7,16-18,20H,4-5,8-14H2,(H,21,22). The van der Waals surface area contributed by atoms with Crippen LogP contribution in [0.5, 0.6) is 0 Å². The van der Waals surface area contributed by atoms with Gasteiger partial charge in [-0.3, -0.25) is 0 Å². The maximum Gasteiger partial charge on any atom is 0.407 e. The molecule has 2 aliphatic rings. The summed E-state index contributed by atoms with van der Waals surface area (Å²) < 4.78 is 11.1. The summed E-state index contributed by atoms with van der Waals surface area (Å²) in [6.07, 6.45) is 7.16. The molecule has 3 rings (SSSR count). The van der Waals surface area contributed by atoms with Crippen molar-refractivity contribution in [2.75, 3.05) is 13.2 Å². The number of carbonyl (C=O) groups is 1. The van der Waals surface area contributed by atoms with Crippen LogP contribution in [0, 0.1) is 0 Å². The van der Waals surface area contributed by atoms with Crippen LogP contribution in [-0.2, 0) is 16.1 Å². The van der Waals surface area contributed by atoms with Crippen LogP contribution in [0.2, 0.25) is 0 Å². The van der Waals surface area contributed by atoms with Gasteiger partial charge in [0.1, 0.15) is 6.61 Å². The van der Waals surface area contributed by atoms with E-state index in [9.17, 15) is 4.79 Å². The zero-order chi connectivity index (χ0) is 16.6. The summed E-state index contributed by atoms with van der Waals surface area (Å²) in [5.74, 6) is 0. The highest BCUT2D eigenvalue weighted by Crippen LogP contribution is 2.21. The van der Waals surface area contributed by atoms with Crippen molar-refractivity contribution in [1.29, 1.82) is 0 Å². The van der Waals surface area contributed by atoms with E-state index in [1.165, 1.54) is 25.7 Å². The summed E-state index contributed by atoms with van der Waals surface area (Å²) in [5.41, 5.74) is 1.00. The van der Waals surface area contributed by atoms with E-state index in [0.29, 0.717) is 18.8 Å². The Balaban J connectivity index is 1.20. The van der Waals surface area contributed by atoms with Gasteiger partial charge in [0, 0.05) is 18.6 Å². The molecule has 1 amide bonds. The summed E-state index contributed by atoms with van der Waals surface area (Å²) in [6, 6.07) is 10.4. The van der Waals surface area contributed by atoms with Gasteiger partial charge in [0.25, 0.3) is 0 Å². The van der Waals surface area contributed by atoms with Crippen molar-refractivity contribution in [3.05, 3.63) is 35.9 Å². The minimum absolute atomic E-state index is 0.224. The first-order valence-electron chi connectivity index (χ1n) is 9.12. The molecular formula is C19H28N2O3. The Bertz CT molecular complexity index is 497. The fourth-order valence-electron chi connectivity index (χ4n) is 3.38. The predicted molar refractivity (Wildman–Crippen MR) is 92.8 cm³/mol. The zero-order valence-corrected chi connectivity index (χ0v) is 14.2. The van der Waals surface area contributed by atoms with Crippen molar-refractivity contribution in [2.45, 2.75) is 63.3 Å². The summed E-state index contributed by atoms with van der Waals surface area (Å²) in [4.78, 5) is 11.8. The van der Waals surface area contributed by atoms with Crippen LogP contribution in [0.15, 0.2) is 30.3 Å². The minimum Gasteiger partial charge on any atom is -0.445 e. The highest BCUT2D eigenvalue weighted by atomic mass is 16.5. The molecule has 5 heteroatoms. The van der Waals surface area contributed by atoms with Crippen LogP contribution < -0.4 is 10.6 Å². The van der Waals surface area contributed by atoms with Crippen LogP contribution in [-0.4, -0.2) is 37.4 Å². The minimum atomic E-state index is -0.327. The average Bonchev–Trinajstić information content (AvgIpc) is 3.08. The molecule has 2 N–H and O–H groups in total. The van der Waals surface area contributed by atoms with Crippen LogP contribution in [0.25, 0.3) is 0 Å². The van der Waals surface area contributed by atoms with Crippen molar-refractivity contribution >= 4 is 6.09 Å². The topological polar surface area (TPSA) is 59.6 Å². The molecule has 0 unspecified atom stereocenters. The van der Waals surface area contributed by atoms with Crippen molar-refractivity contribution in [1.82, 2.24) is 10.6 Å². The highest BCUT2D eigenvalue weighted by molar-refractivity contribution is 5.67. The Morgan fingerprint density at radius 1 is 1.08 bits per heavy atom. The molecule has 5 nitrogen and oxygen atoms in total. The maximum atomic E-state index is 11.8. The lowest BCUT2D eigenvalue weighted by molar-refractivity contribution is 0.0564. The van der Waals surface area contributed by atoms with Crippen LogP contribution >= 0.6 is 0 Å². The number of hydrogen-bond donors (Lipinski definition) is 2. The quantitative estimate of drug-likeness (QED) is 0.719. The van der Waals surface area contributed by atoms with Crippen molar-refractivity contribution in [2.24, 2.45) is 0 Å². The van der Waals surface area contributed by atoms with Gasteiger partial charge < -0.3 is 20.1 Å². The Labute approximate surface area is 144 Å². The Hall–Kier alpha value is -1.59. The molecule has 2 fully saturated rings. The molecule has 0 aliphatic heterocycles. The molecule has 0 heterocycles. The molecule has 0 aromatic heterocycles. The van der Waals surface area contributed by atoms with Gasteiger partial charge >= 0.3 is 6.09 Å². The van der Waals surface area contributed by atoms with Gasteiger partial charge in [0.15, 0.2) is 0 Å². The lowest BCUT2D eigenvalue weighted by atomic mass is 9.87. The molecule has 2 saturated carbocycles. The summed E-state index contributed by atoms with van der Waals surface area (Å²) in [7, 11) is 0. The fraction of sp³-hybridized carbons (Fsp3) is 0.632.